The second kappa shape index (κ2) is 8.65. The number of allylic oxidation sites excluding steroid dienone is 2. The highest BCUT2D eigenvalue weighted by atomic mass is 35.5. The van der Waals surface area contributed by atoms with Crippen LogP contribution in [0, 0.1) is 11.8 Å². The summed E-state index contributed by atoms with van der Waals surface area (Å²) >= 11 is 18.4. The van der Waals surface area contributed by atoms with Gasteiger partial charge in [0.1, 0.15) is 0 Å². The van der Waals surface area contributed by atoms with Crippen LogP contribution in [-0.2, 0) is 16.1 Å². The molecule has 0 unspecified atom stereocenters. The number of benzene rings is 2. The first-order valence-corrected chi connectivity index (χ1v) is 10.9. The van der Waals surface area contributed by atoms with E-state index in [1.807, 2.05) is 13.0 Å². The van der Waals surface area contributed by atoms with Gasteiger partial charge < -0.3 is 0 Å². The van der Waals surface area contributed by atoms with Crippen molar-refractivity contribution in [2.45, 2.75) is 26.3 Å². The number of amides is 3. The van der Waals surface area contributed by atoms with Gasteiger partial charge in [-0.3, -0.25) is 14.4 Å². The number of hydrogen-bond donors (Lipinski definition) is 0. The maximum atomic E-state index is 13.5. The standard InChI is InChI=1S/C23H19Cl3N2O3/c1-13-6-8-15-17(10-13)23(31)28(22(15)30)27(12-14-7-9-19(25)20(26)11-14)21(29)16-4-2-3-5-18(16)24/h2-7,9,11,15,17H,8,10,12H2,1H3/t15-,17+/m0/s1. The molecule has 31 heavy (non-hydrogen) atoms. The summed E-state index contributed by atoms with van der Waals surface area (Å²) in [7, 11) is 0. The molecule has 0 spiro atoms. The third-order valence-corrected chi connectivity index (χ3v) is 6.76. The van der Waals surface area contributed by atoms with Gasteiger partial charge in [0.2, 0.25) is 0 Å². The Morgan fingerprint density at radius 1 is 1.00 bits per heavy atom. The topological polar surface area (TPSA) is 57.7 Å². The summed E-state index contributed by atoms with van der Waals surface area (Å²) in [6.07, 6.45) is 2.97. The molecule has 160 valence electrons. The normalized spacial score (nSPS) is 20.5. The van der Waals surface area contributed by atoms with Crippen LogP contribution in [0.1, 0.15) is 35.7 Å². The van der Waals surface area contributed by atoms with Crippen LogP contribution in [0.5, 0.6) is 0 Å². The first-order chi connectivity index (χ1) is 14.8. The van der Waals surface area contributed by atoms with Crippen LogP contribution in [0.4, 0.5) is 0 Å². The molecule has 1 fully saturated rings. The van der Waals surface area contributed by atoms with E-state index in [1.165, 1.54) is 5.01 Å². The molecule has 1 aliphatic heterocycles. The van der Waals surface area contributed by atoms with Crippen LogP contribution in [0.25, 0.3) is 0 Å². The third kappa shape index (κ3) is 4.10. The summed E-state index contributed by atoms with van der Waals surface area (Å²) in [6, 6.07) is 11.5. The van der Waals surface area contributed by atoms with Crippen molar-refractivity contribution >= 4 is 52.5 Å². The zero-order valence-corrected chi connectivity index (χ0v) is 18.9. The number of hydrazine groups is 1. The van der Waals surface area contributed by atoms with Gasteiger partial charge in [-0.1, -0.05) is 64.7 Å². The lowest BCUT2D eigenvalue weighted by molar-refractivity contribution is -0.155. The van der Waals surface area contributed by atoms with Crippen LogP contribution in [0.2, 0.25) is 15.1 Å². The molecule has 0 N–H and O–H groups in total. The summed E-state index contributed by atoms with van der Waals surface area (Å²) in [5.74, 6) is -2.22. The average molecular weight is 478 g/mol. The number of halogens is 3. The van der Waals surface area contributed by atoms with Crippen LogP contribution >= 0.6 is 34.8 Å². The van der Waals surface area contributed by atoms with Crippen molar-refractivity contribution in [3.05, 3.63) is 80.3 Å². The van der Waals surface area contributed by atoms with E-state index in [0.29, 0.717) is 28.5 Å². The molecule has 4 rings (SSSR count). The molecule has 8 heteroatoms. The Labute approximate surface area is 195 Å². The van der Waals surface area contributed by atoms with E-state index >= 15 is 0 Å². The van der Waals surface area contributed by atoms with Crippen LogP contribution in [0.15, 0.2) is 54.1 Å². The number of carbonyl (C=O) groups excluding carboxylic acids is 3. The summed E-state index contributed by atoms with van der Waals surface area (Å²) < 4.78 is 0. The molecule has 0 aromatic heterocycles. The van der Waals surface area contributed by atoms with Gasteiger partial charge in [-0.2, -0.15) is 5.01 Å². The molecular formula is C23H19Cl3N2O3. The second-order valence-electron chi connectivity index (χ2n) is 7.78. The predicted octanol–water partition coefficient (Wildman–Crippen LogP) is 5.55. The van der Waals surface area contributed by atoms with Crippen LogP contribution < -0.4 is 0 Å². The quantitative estimate of drug-likeness (QED) is 0.429. The largest absolute Gasteiger partial charge is 0.274 e. The smallest absolute Gasteiger partial charge is 0.272 e. The van der Waals surface area contributed by atoms with Crippen molar-refractivity contribution in [3.8, 4) is 0 Å². The van der Waals surface area contributed by atoms with E-state index in [2.05, 4.69) is 0 Å². The van der Waals surface area contributed by atoms with Crippen LogP contribution in [-0.4, -0.2) is 27.7 Å². The minimum atomic E-state index is -0.540. The summed E-state index contributed by atoms with van der Waals surface area (Å²) in [6.45, 7) is 1.91. The summed E-state index contributed by atoms with van der Waals surface area (Å²) in [5.41, 5.74) is 1.89. The molecule has 0 bridgehead atoms. The molecule has 3 amide bonds. The highest BCUT2D eigenvalue weighted by molar-refractivity contribution is 6.42. The zero-order chi connectivity index (χ0) is 22.3. The molecule has 5 nitrogen and oxygen atoms in total. The molecule has 1 saturated heterocycles. The Morgan fingerprint density at radius 3 is 2.42 bits per heavy atom. The molecule has 1 aliphatic carbocycles. The molecular weight excluding hydrogens is 459 g/mol. The maximum absolute atomic E-state index is 13.5. The second-order valence-corrected chi connectivity index (χ2v) is 9.00. The Hall–Kier alpha value is -2.34. The van der Waals surface area contributed by atoms with Gasteiger partial charge in [0.15, 0.2) is 0 Å². The zero-order valence-electron chi connectivity index (χ0n) is 16.6. The summed E-state index contributed by atoms with van der Waals surface area (Å²) in [5, 5.41) is 3.09. The maximum Gasteiger partial charge on any atom is 0.274 e. The third-order valence-electron chi connectivity index (χ3n) is 5.70. The fourth-order valence-electron chi connectivity index (χ4n) is 4.08. The van der Waals surface area contributed by atoms with Gasteiger partial charge in [0.05, 0.1) is 39.0 Å². The van der Waals surface area contributed by atoms with Gasteiger partial charge in [-0.15, -0.1) is 0 Å². The first-order valence-electron chi connectivity index (χ1n) is 9.81. The molecule has 2 aromatic rings. The molecule has 0 radical (unpaired) electrons. The lowest BCUT2D eigenvalue weighted by Gasteiger charge is -2.31. The highest BCUT2D eigenvalue weighted by Gasteiger charge is 2.51. The minimum absolute atomic E-state index is 0.0374. The highest BCUT2D eigenvalue weighted by Crippen LogP contribution is 2.39. The van der Waals surface area contributed by atoms with Crippen molar-refractivity contribution in [3.63, 3.8) is 0 Å². The Morgan fingerprint density at radius 2 is 1.71 bits per heavy atom. The van der Waals surface area contributed by atoms with Crippen molar-refractivity contribution in [1.29, 1.82) is 0 Å². The molecule has 2 aliphatic rings. The van der Waals surface area contributed by atoms with E-state index in [-0.39, 0.29) is 28.9 Å². The lowest BCUT2D eigenvalue weighted by atomic mass is 9.82. The Kier molecular flexibility index (Phi) is 6.11. The number of imide groups is 1. The molecule has 1 heterocycles. The van der Waals surface area contributed by atoms with Crippen molar-refractivity contribution in [2.24, 2.45) is 11.8 Å². The van der Waals surface area contributed by atoms with Gasteiger partial charge >= 0.3 is 0 Å². The van der Waals surface area contributed by atoms with E-state index in [0.717, 1.165) is 10.6 Å². The number of rotatable bonds is 4. The number of fused-ring (bicyclic) bond motifs is 1. The molecule has 2 atom stereocenters. The fourth-order valence-corrected chi connectivity index (χ4v) is 4.61. The average Bonchev–Trinajstić information content (AvgIpc) is 2.98. The fraction of sp³-hybridized carbons (Fsp3) is 0.261. The Bertz CT molecular complexity index is 1110. The minimum Gasteiger partial charge on any atom is -0.272 e. The Balaban J connectivity index is 1.74. The van der Waals surface area contributed by atoms with Gasteiger partial charge in [0.25, 0.3) is 17.7 Å². The van der Waals surface area contributed by atoms with E-state index in [1.54, 1.807) is 42.5 Å². The summed E-state index contributed by atoms with van der Waals surface area (Å²) in [4.78, 5) is 40.0. The van der Waals surface area contributed by atoms with Crippen molar-refractivity contribution in [2.75, 3.05) is 0 Å². The number of hydrogen-bond acceptors (Lipinski definition) is 3. The van der Waals surface area contributed by atoms with E-state index < -0.39 is 17.7 Å². The number of nitrogens with zero attached hydrogens (tertiary/aromatic N) is 2. The van der Waals surface area contributed by atoms with Crippen molar-refractivity contribution < 1.29 is 14.4 Å². The van der Waals surface area contributed by atoms with E-state index in [9.17, 15) is 14.4 Å². The van der Waals surface area contributed by atoms with Crippen molar-refractivity contribution in [1.82, 2.24) is 10.0 Å². The van der Waals surface area contributed by atoms with E-state index in [4.69, 9.17) is 34.8 Å². The monoisotopic (exact) mass is 476 g/mol. The first kappa shape index (κ1) is 21.9. The predicted molar refractivity (Wildman–Crippen MR) is 120 cm³/mol. The molecule has 0 saturated carbocycles. The lowest BCUT2D eigenvalue weighted by Crippen LogP contribution is -2.49. The van der Waals surface area contributed by atoms with Gasteiger partial charge in [-0.25, -0.2) is 5.01 Å². The van der Waals surface area contributed by atoms with Gasteiger partial charge in [0, 0.05) is 0 Å². The molecule has 2 aromatic carbocycles. The van der Waals surface area contributed by atoms with Crippen LogP contribution in [0.3, 0.4) is 0 Å². The number of carbonyl (C=O) groups is 3. The SMILES string of the molecule is CC1=CC[C@@H]2C(=O)N(N(Cc3ccc(Cl)c(Cl)c3)C(=O)c3ccccc3Cl)C(=O)[C@@H]2C1. The van der Waals surface area contributed by atoms with Gasteiger partial charge in [-0.05, 0) is 49.6 Å².